The van der Waals surface area contributed by atoms with Gasteiger partial charge in [-0.05, 0) is 31.7 Å². The van der Waals surface area contributed by atoms with Crippen molar-refractivity contribution in [3.8, 4) is 0 Å². The van der Waals surface area contributed by atoms with Gasteiger partial charge in [-0.15, -0.1) is 11.3 Å². The maximum Gasteiger partial charge on any atom is 0.246 e. The Morgan fingerprint density at radius 3 is 3.04 bits per heavy atom. The maximum atomic E-state index is 12.9. The van der Waals surface area contributed by atoms with Gasteiger partial charge in [-0.3, -0.25) is 14.4 Å². The number of thiazole rings is 1. The Hall–Kier alpha value is -1.77. The van der Waals surface area contributed by atoms with E-state index >= 15 is 0 Å². The van der Waals surface area contributed by atoms with Crippen LogP contribution in [0.15, 0.2) is 17.6 Å². The zero-order valence-corrected chi connectivity index (χ0v) is 15.9. The normalized spacial score (nSPS) is 21.5. The molecule has 2 aromatic rings. The fourth-order valence-corrected chi connectivity index (χ4v) is 4.30. The summed E-state index contributed by atoms with van der Waals surface area (Å²) >= 11 is 1.67. The second-order valence-electron chi connectivity index (χ2n) is 7.11. The van der Waals surface area contributed by atoms with Crippen LogP contribution in [0.5, 0.6) is 0 Å². The van der Waals surface area contributed by atoms with Crippen molar-refractivity contribution in [2.75, 3.05) is 26.3 Å². The summed E-state index contributed by atoms with van der Waals surface area (Å²) in [6.45, 7) is 6.55. The highest BCUT2D eigenvalue weighted by atomic mass is 32.1. The van der Waals surface area contributed by atoms with Crippen LogP contribution in [0, 0.1) is 12.8 Å². The van der Waals surface area contributed by atoms with Gasteiger partial charge in [0.05, 0.1) is 16.4 Å². The Morgan fingerprint density at radius 2 is 2.27 bits per heavy atom. The van der Waals surface area contributed by atoms with Crippen LogP contribution in [0.2, 0.25) is 0 Å². The first-order valence-electron chi connectivity index (χ1n) is 9.20. The first kappa shape index (κ1) is 17.6. The summed E-state index contributed by atoms with van der Waals surface area (Å²) in [4.78, 5) is 19.7. The number of hydrogen-bond acceptors (Lipinski definition) is 6. The number of amides is 1. The van der Waals surface area contributed by atoms with Gasteiger partial charge in [0.1, 0.15) is 6.04 Å². The van der Waals surface area contributed by atoms with Crippen molar-refractivity contribution in [3.63, 3.8) is 0 Å². The number of carbonyl (C=O) groups is 1. The summed E-state index contributed by atoms with van der Waals surface area (Å²) < 4.78 is 7.27. The van der Waals surface area contributed by atoms with Crippen molar-refractivity contribution in [1.82, 2.24) is 25.0 Å². The molecule has 0 radical (unpaired) electrons. The minimum Gasteiger partial charge on any atom is -0.381 e. The van der Waals surface area contributed by atoms with Gasteiger partial charge in [-0.1, -0.05) is 0 Å². The second kappa shape index (κ2) is 7.85. The second-order valence-corrected chi connectivity index (χ2v) is 8.17. The summed E-state index contributed by atoms with van der Waals surface area (Å²) in [5.41, 5.74) is 2.15. The van der Waals surface area contributed by atoms with Crippen LogP contribution in [0.25, 0.3) is 0 Å². The van der Waals surface area contributed by atoms with Gasteiger partial charge in [0.25, 0.3) is 0 Å². The highest BCUT2D eigenvalue weighted by Crippen LogP contribution is 2.23. The SMILES string of the molecule is Cc1nc(CN2Cc3ccnn3C(C(=O)NCC3CCOCC3)C2)cs1. The average molecular weight is 375 g/mol. The summed E-state index contributed by atoms with van der Waals surface area (Å²) in [5.74, 6) is 0.572. The molecule has 1 amide bonds. The summed E-state index contributed by atoms with van der Waals surface area (Å²) in [7, 11) is 0. The summed E-state index contributed by atoms with van der Waals surface area (Å²) in [5, 5.41) is 10.7. The number of carbonyl (C=O) groups excluding carboxylic acids is 1. The van der Waals surface area contributed by atoms with Gasteiger partial charge in [-0.25, -0.2) is 4.98 Å². The van der Waals surface area contributed by atoms with E-state index in [4.69, 9.17) is 4.74 Å². The number of aromatic nitrogens is 3. The first-order chi connectivity index (χ1) is 12.7. The van der Waals surface area contributed by atoms with E-state index in [0.29, 0.717) is 12.5 Å². The molecule has 1 N–H and O–H groups in total. The molecule has 0 bridgehead atoms. The third kappa shape index (κ3) is 3.97. The van der Waals surface area contributed by atoms with E-state index in [1.165, 1.54) is 0 Å². The molecule has 1 fully saturated rings. The fraction of sp³-hybridized carbons (Fsp3) is 0.611. The van der Waals surface area contributed by atoms with Gasteiger partial charge < -0.3 is 10.1 Å². The number of hydrogen-bond donors (Lipinski definition) is 1. The molecule has 1 atom stereocenters. The highest BCUT2D eigenvalue weighted by Gasteiger charge is 2.31. The van der Waals surface area contributed by atoms with Crippen molar-refractivity contribution in [2.24, 2.45) is 5.92 Å². The van der Waals surface area contributed by atoms with Gasteiger partial charge >= 0.3 is 0 Å². The molecule has 0 aliphatic carbocycles. The van der Waals surface area contributed by atoms with E-state index in [1.54, 1.807) is 17.5 Å². The summed E-state index contributed by atoms with van der Waals surface area (Å²) in [6.07, 6.45) is 3.82. The van der Waals surface area contributed by atoms with Crippen LogP contribution in [0.1, 0.15) is 35.3 Å². The molecule has 26 heavy (non-hydrogen) atoms. The molecule has 2 aliphatic heterocycles. The Kier molecular flexibility index (Phi) is 5.33. The maximum absolute atomic E-state index is 12.9. The molecule has 0 aromatic carbocycles. The number of nitrogens with zero attached hydrogens (tertiary/aromatic N) is 4. The third-order valence-electron chi connectivity index (χ3n) is 5.12. The van der Waals surface area contributed by atoms with Crippen LogP contribution >= 0.6 is 11.3 Å². The quantitative estimate of drug-likeness (QED) is 0.862. The summed E-state index contributed by atoms with van der Waals surface area (Å²) in [6, 6.07) is 1.71. The van der Waals surface area contributed by atoms with E-state index in [2.05, 4.69) is 25.7 Å². The Balaban J connectivity index is 1.41. The Bertz CT molecular complexity index is 752. The van der Waals surface area contributed by atoms with Crippen LogP contribution in [0.4, 0.5) is 0 Å². The molecule has 1 unspecified atom stereocenters. The lowest BCUT2D eigenvalue weighted by Gasteiger charge is -2.33. The van der Waals surface area contributed by atoms with Crippen LogP contribution in [-0.4, -0.2) is 51.9 Å². The van der Waals surface area contributed by atoms with E-state index in [0.717, 1.165) is 62.1 Å². The van der Waals surface area contributed by atoms with E-state index in [1.807, 2.05) is 17.7 Å². The lowest BCUT2D eigenvalue weighted by molar-refractivity contribution is -0.126. The third-order valence-corrected chi connectivity index (χ3v) is 5.95. The van der Waals surface area contributed by atoms with E-state index < -0.39 is 0 Å². The Labute approximate surface area is 157 Å². The predicted molar refractivity (Wildman–Crippen MR) is 98.8 cm³/mol. The minimum absolute atomic E-state index is 0.0561. The molecular formula is C18H25N5O2S. The molecule has 2 aromatic heterocycles. The zero-order chi connectivity index (χ0) is 17.9. The fourth-order valence-electron chi connectivity index (χ4n) is 3.70. The average Bonchev–Trinajstić information content (AvgIpc) is 3.28. The van der Waals surface area contributed by atoms with Crippen molar-refractivity contribution in [3.05, 3.63) is 34.0 Å². The number of nitrogens with one attached hydrogen (secondary N) is 1. The molecule has 0 saturated carbocycles. The predicted octanol–water partition coefficient (Wildman–Crippen LogP) is 1.75. The van der Waals surface area contributed by atoms with Crippen LogP contribution in [-0.2, 0) is 22.6 Å². The number of rotatable bonds is 5. The topological polar surface area (TPSA) is 72.3 Å². The smallest absolute Gasteiger partial charge is 0.246 e. The van der Waals surface area contributed by atoms with Crippen molar-refractivity contribution in [2.45, 2.75) is 38.9 Å². The van der Waals surface area contributed by atoms with Crippen molar-refractivity contribution < 1.29 is 9.53 Å². The van der Waals surface area contributed by atoms with Gasteiger partial charge in [0, 0.05) is 51.0 Å². The number of ether oxygens (including phenoxy) is 1. The molecule has 140 valence electrons. The lowest BCUT2D eigenvalue weighted by Crippen LogP contribution is -2.46. The monoisotopic (exact) mass is 375 g/mol. The standard InChI is InChI=1S/C18H25N5O2S/c1-13-21-15(12-26-13)9-22-10-16-2-5-20-23(16)17(11-22)18(24)19-8-14-3-6-25-7-4-14/h2,5,12,14,17H,3-4,6-11H2,1H3,(H,19,24). The first-order valence-corrected chi connectivity index (χ1v) is 10.1. The van der Waals surface area contributed by atoms with Gasteiger partial charge in [0.15, 0.2) is 0 Å². The molecule has 4 rings (SSSR count). The molecule has 0 spiro atoms. The van der Waals surface area contributed by atoms with Crippen molar-refractivity contribution in [1.29, 1.82) is 0 Å². The zero-order valence-electron chi connectivity index (χ0n) is 15.1. The van der Waals surface area contributed by atoms with Gasteiger partial charge in [0.2, 0.25) is 5.91 Å². The van der Waals surface area contributed by atoms with E-state index in [-0.39, 0.29) is 11.9 Å². The molecule has 2 aliphatic rings. The van der Waals surface area contributed by atoms with Gasteiger partial charge in [-0.2, -0.15) is 5.10 Å². The number of aryl methyl sites for hydroxylation is 1. The van der Waals surface area contributed by atoms with Crippen LogP contribution in [0.3, 0.4) is 0 Å². The molecular weight excluding hydrogens is 350 g/mol. The molecule has 8 heteroatoms. The van der Waals surface area contributed by atoms with Crippen molar-refractivity contribution >= 4 is 17.2 Å². The van der Waals surface area contributed by atoms with E-state index in [9.17, 15) is 4.79 Å². The number of fused-ring (bicyclic) bond motifs is 1. The lowest BCUT2D eigenvalue weighted by atomic mass is 10.0. The molecule has 1 saturated heterocycles. The Morgan fingerprint density at radius 1 is 1.42 bits per heavy atom. The minimum atomic E-state index is -0.284. The largest absolute Gasteiger partial charge is 0.381 e. The molecule has 4 heterocycles. The van der Waals surface area contributed by atoms with Crippen LogP contribution < -0.4 is 5.32 Å². The highest BCUT2D eigenvalue weighted by molar-refractivity contribution is 7.09. The molecule has 7 nitrogen and oxygen atoms in total.